The van der Waals surface area contributed by atoms with Crippen molar-refractivity contribution in [2.45, 2.75) is 77.0 Å². The number of ether oxygens (including phenoxy) is 1. The molecule has 7 rings (SSSR count). The van der Waals surface area contributed by atoms with Crippen LogP contribution in [0, 0.1) is 0 Å². The first-order valence-corrected chi connectivity index (χ1v) is 15.3. The molecule has 218 valence electrons. The SMILES string of the molecule is CN1CCC[C@H]1c1ncc(-c2ccc3c(c2)Cc2ccc(-c4cnc([C@@H]5CCCN5C(=O)OC(C)(C)C)[nH]4)cc2C3)[nH]1. The van der Waals surface area contributed by atoms with E-state index in [1.807, 2.05) is 38.1 Å². The van der Waals surface area contributed by atoms with Gasteiger partial charge in [-0.25, -0.2) is 14.8 Å². The summed E-state index contributed by atoms with van der Waals surface area (Å²) in [5.41, 5.74) is 9.36. The first kappa shape index (κ1) is 27.0. The Kier molecular flexibility index (Phi) is 6.69. The van der Waals surface area contributed by atoms with Crippen molar-refractivity contribution in [3.05, 3.63) is 82.7 Å². The number of H-pyrrole nitrogens is 2. The van der Waals surface area contributed by atoms with Gasteiger partial charge in [0.15, 0.2) is 0 Å². The number of carbonyl (C=O) groups is 1. The summed E-state index contributed by atoms with van der Waals surface area (Å²) in [6.07, 6.45) is 9.67. The molecule has 2 aliphatic heterocycles. The van der Waals surface area contributed by atoms with E-state index in [1.54, 1.807) is 0 Å². The number of likely N-dealkylation sites (tertiary alicyclic amines) is 2. The van der Waals surface area contributed by atoms with Gasteiger partial charge >= 0.3 is 6.09 Å². The Morgan fingerprint density at radius 1 is 0.810 bits per heavy atom. The van der Waals surface area contributed by atoms with Gasteiger partial charge in [-0.15, -0.1) is 0 Å². The zero-order chi connectivity index (χ0) is 29.0. The number of imidazole rings is 2. The van der Waals surface area contributed by atoms with Gasteiger partial charge in [-0.2, -0.15) is 0 Å². The van der Waals surface area contributed by atoms with Crippen LogP contribution in [-0.2, 0) is 17.6 Å². The molecule has 1 amide bonds. The molecule has 2 saturated heterocycles. The highest BCUT2D eigenvalue weighted by molar-refractivity contribution is 5.69. The number of hydrogen-bond acceptors (Lipinski definition) is 5. The van der Waals surface area contributed by atoms with Crippen molar-refractivity contribution >= 4 is 6.09 Å². The molecule has 2 fully saturated rings. The van der Waals surface area contributed by atoms with E-state index in [4.69, 9.17) is 14.7 Å². The van der Waals surface area contributed by atoms with Gasteiger partial charge < -0.3 is 14.7 Å². The molecule has 8 nitrogen and oxygen atoms in total. The van der Waals surface area contributed by atoms with E-state index in [9.17, 15) is 4.79 Å². The third kappa shape index (κ3) is 5.13. The smallest absolute Gasteiger partial charge is 0.410 e. The zero-order valence-corrected chi connectivity index (χ0v) is 25.0. The quantitative estimate of drug-likeness (QED) is 0.251. The molecule has 2 aromatic heterocycles. The topological polar surface area (TPSA) is 90.1 Å². The van der Waals surface area contributed by atoms with Crippen molar-refractivity contribution in [3.63, 3.8) is 0 Å². The van der Waals surface area contributed by atoms with E-state index in [0.717, 1.165) is 67.2 Å². The van der Waals surface area contributed by atoms with Crippen molar-refractivity contribution in [3.8, 4) is 22.5 Å². The fourth-order valence-corrected chi connectivity index (χ4v) is 6.82. The average Bonchev–Trinajstić information content (AvgIpc) is 3.76. The molecular weight excluding hydrogens is 524 g/mol. The number of benzene rings is 2. The van der Waals surface area contributed by atoms with Crippen LogP contribution in [-0.4, -0.2) is 61.6 Å². The molecule has 0 unspecified atom stereocenters. The van der Waals surface area contributed by atoms with Gasteiger partial charge in [-0.3, -0.25) is 9.80 Å². The van der Waals surface area contributed by atoms with Crippen molar-refractivity contribution in [2.75, 3.05) is 20.1 Å². The third-order valence-electron chi connectivity index (χ3n) is 9.02. The van der Waals surface area contributed by atoms with Crippen molar-refractivity contribution in [1.29, 1.82) is 0 Å². The Balaban J connectivity index is 1.07. The molecule has 4 aromatic rings. The van der Waals surface area contributed by atoms with Crippen LogP contribution < -0.4 is 0 Å². The largest absolute Gasteiger partial charge is 0.444 e. The second kappa shape index (κ2) is 10.4. The first-order valence-electron chi connectivity index (χ1n) is 15.3. The summed E-state index contributed by atoms with van der Waals surface area (Å²) in [6, 6.07) is 13.9. The van der Waals surface area contributed by atoms with E-state index in [-0.39, 0.29) is 12.1 Å². The number of amides is 1. The number of nitrogens with zero attached hydrogens (tertiary/aromatic N) is 4. The molecular formula is C34H40N6O2. The van der Waals surface area contributed by atoms with Crippen LogP contribution in [0.3, 0.4) is 0 Å². The highest BCUT2D eigenvalue weighted by Gasteiger charge is 2.35. The monoisotopic (exact) mass is 564 g/mol. The van der Waals surface area contributed by atoms with E-state index in [1.165, 1.54) is 34.2 Å². The molecule has 2 atom stereocenters. The lowest BCUT2D eigenvalue weighted by molar-refractivity contribution is 0.0218. The lowest BCUT2D eigenvalue weighted by Crippen LogP contribution is -2.36. The maximum Gasteiger partial charge on any atom is 0.410 e. The first-order chi connectivity index (χ1) is 20.2. The predicted molar refractivity (Wildman–Crippen MR) is 163 cm³/mol. The summed E-state index contributed by atoms with van der Waals surface area (Å²) >= 11 is 0. The summed E-state index contributed by atoms with van der Waals surface area (Å²) in [4.78, 5) is 33.6. The molecule has 0 saturated carbocycles. The predicted octanol–water partition coefficient (Wildman–Crippen LogP) is 6.80. The van der Waals surface area contributed by atoms with Crippen LogP contribution in [0.1, 0.15) is 92.4 Å². The Labute approximate surface area is 247 Å². The summed E-state index contributed by atoms with van der Waals surface area (Å²) in [5.74, 6) is 1.90. The highest BCUT2D eigenvalue weighted by Crippen LogP contribution is 2.36. The Hall–Kier alpha value is -3.91. The average molecular weight is 565 g/mol. The number of aromatic amines is 2. The number of fused-ring (bicyclic) bond motifs is 2. The highest BCUT2D eigenvalue weighted by atomic mass is 16.6. The van der Waals surface area contributed by atoms with Crippen LogP contribution in [0.4, 0.5) is 4.79 Å². The molecule has 2 aromatic carbocycles. The van der Waals surface area contributed by atoms with Gasteiger partial charge in [-0.1, -0.05) is 24.3 Å². The lowest BCUT2D eigenvalue weighted by atomic mass is 9.84. The van der Waals surface area contributed by atoms with Gasteiger partial charge in [0.1, 0.15) is 17.2 Å². The maximum atomic E-state index is 12.8. The van der Waals surface area contributed by atoms with Gasteiger partial charge in [0.05, 0.1) is 35.9 Å². The molecule has 42 heavy (non-hydrogen) atoms. The van der Waals surface area contributed by atoms with Crippen LogP contribution in [0.15, 0.2) is 48.8 Å². The molecule has 0 bridgehead atoms. The lowest BCUT2D eigenvalue weighted by Gasteiger charge is -2.27. The van der Waals surface area contributed by atoms with Crippen molar-refractivity contribution in [2.24, 2.45) is 0 Å². The molecule has 4 heterocycles. The minimum Gasteiger partial charge on any atom is -0.444 e. The minimum atomic E-state index is -0.517. The number of hydrogen-bond donors (Lipinski definition) is 2. The number of rotatable bonds is 4. The van der Waals surface area contributed by atoms with Crippen LogP contribution in [0.2, 0.25) is 0 Å². The van der Waals surface area contributed by atoms with Gasteiger partial charge in [0.2, 0.25) is 0 Å². The van der Waals surface area contributed by atoms with E-state index < -0.39 is 5.60 Å². The molecule has 1 aliphatic carbocycles. The number of nitrogens with one attached hydrogen (secondary N) is 2. The normalized spacial score (nSPS) is 20.5. The van der Waals surface area contributed by atoms with Gasteiger partial charge in [-0.05, 0) is 118 Å². The van der Waals surface area contributed by atoms with Crippen LogP contribution in [0.25, 0.3) is 22.5 Å². The second-order valence-electron chi connectivity index (χ2n) is 13.2. The third-order valence-corrected chi connectivity index (χ3v) is 9.02. The standard InChI is InChI=1S/C34H40N6O2/c1-34(2,3)42-33(41)40-14-6-8-30(40)32-36-20-28(38-32)24-12-10-22-15-25-17-23(11-9-21(25)16-26(22)18-24)27-19-35-31(37-27)29-7-5-13-39(29)4/h9-12,17-20,29-30H,5-8,13-16H2,1-4H3,(H,35,37)(H,36,38)/t29-,30-/m0/s1. The fraction of sp³-hybridized carbons (Fsp3) is 0.441. The summed E-state index contributed by atoms with van der Waals surface area (Å²) in [6.45, 7) is 7.53. The van der Waals surface area contributed by atoms with Crippen molar-refractivity contribution in [1.82, 2.24) is 29.7 Å². The summed E-state index contributed by atoms with van der Waals surface area (Å²) in [5, 5.41) is 0. The van der Waals surface area contributed by atoms with E-state index in [0.29, 0.717) is 12.6 Å². The second-order valence-corrected chi connectivity index (χ2v) is 13.2. The number of aromatic nitrogens is 4. The molecule has 2 N–H and O–H groups in total. The van der Waals surface area contributed by atoms with E-state index in [2.05, 4.69) is 58.3 Å². The maximum absolute atomic E-state index is 12.8. The van der Waals surface area contributed by atoms with Gasteiger partial charge in [0.25, 0.3) is 0 Å². The molecule has 0 spiro atoms. The number of carbonyl (C=O) groups excluding carboxylic acids is 1. The Morgan fingerprint density at radius 2 is 1.36 bits per heavy atom. The van der Waals surface area contributed by atoms with Crippen LogP contribution in [0.5, 0.6) is 0 Å². The zero-order valence-electron chi connectivity index (χ0n) is 25.0. The minimum absolute atomic E-state index is 0.0858. The molecule has 3 aliphatic rings. The Morgan fingerprint density at radius 3 is 1.90 bits per heavy atom. The van der Waals surface area contributed by atoms with Gasteiger partial charge in [0, 0.05) is 6.54 Å². The summed E-state index contributed by atoms with van der Waals surface area (Å²) < 4.78 is 5.65. The molecule has 0 radical (unpaired) electrons. The molecule has 8 heteroatoms. The summed E-state index contributed by atoms with van der Waals surface area (Å²) in [7, 11) is 2.18. The van der Waals surface area contributed by atoms with Crippen molar-refractivity contribution < 1.29 is 9.53 Å². The Bertz CT molecular complexity index is 1630. The van der Waals surface area contributed by atoms with Crippen LogP contribution >= 0.6 is 0 Å². The van der Waals surface area contributed by atoms with E-state index >= 15 is 0 Å². The fourth-order valence-electron chi connectivity index (χ4n) is 6.82.